The van der Waals surface area contributed by atoms with Crippen LogP contribution < -0.4 is 15.4 Å². The van der Waals surface area contributed by atoms with Gasteiger partial charge in [-0.2, -0.15) is 0 Å². The molecule has 2 aromatic rings. The van der Waals surface area contributed by atoms with Gasteiger partial charge in [0.25, 0.3) is 0 Å². The molecule has 1 aliphatic rings. The van der Waals surface area contributed by atoms with Gasteiger partial charge in [-0.15, -0.1) is 11.3 Å². The molecule has 0 unspecified atom stereocenters. The lowest BCUT2D eigenvalue weighted by atomic mass is 10.1. The SMILES string of the molecule is CN=C(NCCc1ccc(OC2CCCC2)cc1)NCc1sc(C)nc1C. The first-order valence-electron chi connectivity index (χ1n) is 9.77. The van der Waals surface area contributed by atoms with Crippen LogP contribution in [0.3, 0.4) is 0 Å². The fourth-order valence-electron chi connectivity index (χ4n) is 3.38. The molecule has 5 nitrogen and oxygen atoms in total. The highest BCUT2D eigenvalue weighted by molar-refractivity contribution is 7.11. The third-order valence-corrected chi connectivity index (χ3v) is 5.95. The molecule has 3 rings (SSSR count). The van der Waals surface area contributed by atoms with E-state index in [9.17, 15) is 0 Å². The van der Waals surface area contributed by atoms with E-state index in [2.05, 4.69) is 51.8 Å². The predicted molar refractivity (Wildman–Crippen MR) is 113 cm³/mol. The summed E-state index contributed by atoms with van der Waals surface area (Å²) in [5, 5.41) is 7.85. The van der Waals surface area contributed by atoms with Gasteiger partial charge in [0.15, 0.2) is 5.96 Å². The number of hydrogen-bond donors (Lipinski definition) is 2. The Hall–Kier alpha value is -2.08. The Morgan fingerprint density at radius 3 is 2.56 bits per heavy atom. The standard InChI is InChI=1S/C21H30N4OS/c1-15-20(27-16(2)25-15)14-24-21(22-3)23-13-12-17-8-10-19(11-9-17)26-18-6-4-5-7-18/h8-11,18H,4-7,12-14H2,1-3H3,(H2,22,23,24). The molecule has 1 saturated carbocycles. The molecule has 1 fully saturated rings. The molecule has 0 atom stereocenters. The summed E-state index contributed by atoms with van der Waals surface area (Å²) in [6.45, 7) is 5.68. The van der Waals surface area contributed by atoms with E-state index in [1.54, 1.807) is 18.4 Å². The van der Waals surface area contributed by atoms with Gasteiger partial charge in [-0.05, 0) is 63.6 Å². The highest BCUT2D eigenvalue weighted by Gasteiger charge is 2.16. The maximum atomic E-state index is 6.03. The third-order valence-electron chi connectivity index (χ3n) is 4.87. The number of ether oxygens (including phenoxy) is 1. The molecule has 1 aromatic heterocycles. The van der Waals surface area contributed by atoms with Crippen LogP contribution in [-0.4, -0.2) is 30.6 Å². The normalized spacial score (nSPS) is 15.1. The van der Waals surface area contributed by atoms with E-state index >= 15 is 0 Å². The van der Waals surface area contributed by atoms with Crippen molar-refractivity contribution in [2.24, 2.45) is 4.99 Å². The third kappa shape index (κ3) is 5.96. The lowest BCUT2D eigenvalue weighted by Crippen LogP contribution is -2.37. The number of aliphatic imine (C=N–C) groups is 1. The Balaban J connectivity index is 1.40. The fourth-order valence-corrected chi connectivity index (χ4v) is 4.26. The number of thiazole rings is 1. The highest BCUT2D eigenvalue weighted by atomic mass is 32.1. The molecule has 0 radical (unpaired) electrons. The first kappa shape index (κ1) is 19.7. The molecule has 2 N–H and O–H groups in total. The first-order chi connectivity index (χ1) is 13.1. The smallest absolute Gasteiger partial charge is 0.191 e. The van der Waals surface area contributed by atoms with Crippen LogP contribution in [0.5, 0.6) is 5.75 Å². The van der Waals surface area contributed by atoms with Crippen molar-refractivity contribution in [3.05, 3.63) is 45.4 Å². The van der Waals surface area contributed by atoms with E-state index in [0.717, 1.165) is 41.9 Å². The van der Waals surface area contributed by atoms with Crippen LogP contribution in [0, 0.1) is 13.8 Å². The van der Waals surface area contributed by atoms with Gasteiger partial charge in [-0.1, -0.05) is 12.1 Å². The number of benzene rings is 1. The van der Waals surface area contributed by atoms with Gasteiger partial charge in [-0.3, -0.25) is 4.99 Å². The van der Waals surface area contributed by atoms with Crippen LogP contribution in [0.4, 0.5) is 0 Å². The molecule has 0 spiro atoms. The summed E-state index contributed by atoms with van der Waals surface area (Å²) in [5.74, 6) is 1.81. The second-order valence-electron chi connectivity index (χ2n) is 7.01. The molecule has 0 aliphatic heterocycles. The quantitative estimate of drug-likeness (QED) is 0.558. The molecule has 1 aliphatic carbocycles. The van der Waals surface area contributed by atoms with Crippen molar-refractivity contribution in [2.75, 3.05) is 13.6 Å². The van der Waals surface area contributed by atoms with Crippen molar-refractivity contribution < 1.29 is 4.74 Å². The van der Waals surface area contributed by atoms with Crippen LogP contribution >= 0.6 is 11.3 Å². The van der Waals surface area contributed by atoms with E-state index in [-0.39, 0.29) is 0 Å². The second-order valence-corrected chi connectivity index (χ2v) is 8.30. The summed E-state index contributed by atoms with van der Waals surface area (Å²) in [4.78, 5) is 10.0. The molecule has 1 heterocycles. The zero-order valence-electron chi connectivity index (χ0n) is 16.5. The molecule has 146 valence electrons. The van der Waals surface area contributed by atoms with Crippen molar-refractivity contribution in [2.45, 2.75) is 58.6 Å². The second kappa shape index (κ2) is 9.74. The highest BCUT2D eigenvalue weighted by Crippen LogP contribution is 2.24. The van der Waals surface area contributed by atoms with E-state index in [1.807, 2.05) is 6.92 Å². The molecule has 1 aromatic carbocycles. The number of aromatic nitrogens is 1. The Morgan fingerprint density at radius 2 is 1.93 bits per heavy atom. The van der Waals surface area contributed by atoms with Crippen LogP contribution in [0.25, 0.3) is 0 Å². The van der Waals surface area contributed by atoms with Gasteiger partial charge in [-0.25, -0.2) is 4.98 Å². The summed E-state index contributed by atoms with van der Waals surface area (Å²) >= 11 is 1.73. The predicted octanol–water partition coefficient (Wildman–Crippen LogP) is 3.99. The lowest BCUT2D eigenvalue weighted by molar-refractivity contribution is 0.210. The van der Waals surface area contributed by atoms with Gasteiger partial charge in [0, 0.05) is 18.5 Å². The Kier molecular flexibility index (Phi) is 7.10. The molecule has 0 amide bonds. The van der Waals surface area contributed by atoms with Crippen molar-refractivity contribution in [1.82, 2.24) is 15.6 Å². The maximum Gasteiger partial charge on any atom is 0.191 e. The first-order valence-corrected chi connectivity index (χ1v) is 10.6. The molecule has 6 heteroatoms. The Bertz CT molecular complexity index is 748. The van der Waals surface area contributed by atoms with Crippen molar-refractivity contribution in [3.63, 3.8) is 0 Å². The van der Waals surface area contributed by atoms with Gasteiger partial charge in [0.05, 0.1) is 23.4 Å². The van der Waals surface area contributed by atoms with Crippen molar-refractivity contribution >= 4 is 17.3 Å². The van der Waals surface area contributed by atoms with E-state index in [4.69, 9.17) is 4.74 Å². The number of rotatable bonds is 7. The van der Waals surface area contributed by atoms with Gasteiger partial charge >= 0.3 is 0 Å². The molecular weight excluding hydrogens is 356 g/mol. The summed E-state index contributed by atoms with van der Waals surface area (Å²) in [6.07, 6.45) is 6.34. The number of aryl methyl sites for hydroxylation is 2. The van der Waals surface area contributed by atoms with Crippen LogP contribution in [-0.2, 0) is 13.0 Å². The minimum atomic E-state index is 0.415. The number of nitrogens with zero attached hydrogens (tertiary/aromatic N) is 2. The largest absolute Gasteiger partial charge is 0.490 e. The van der Waals surface area contributed by atoms with Gasteiger partial charge < -0.3 is 15.4 Å². The topological polar surface area (TPSA) is 58.5 Å². The van der Waals surface area contributed by atoms with Crippen molar-refractivity contribution in [3.8, 4) is 5.75 Å². The molecule has 0 bridgehead atoms. The summed E-state index contributed by atoms with van der Waals surface area (Å²) in [5.41, 5.74) is 2.39. The Labute approximate surface area is 166 Å². The molecular formula is C21H30N4OS. The van der Waals surface area contributed by atoms with E-state index in [0.29, 0.717) is 6.10 Å². The average molecular weight is 387 g/mol. The zero-order valence-corrected chi connectivity index (χ0v) is 17.4. The summed E-state index contributed by atoms with van der Waals surface area (Å²) in [7, 11) is 1.80. The lowest BCUT2D eigenvalue weighted by Gasteiger charge is -2.14. The average Bonchev–Trinajstić information content (AvgIpc) is 3.28. The number of nitrogens with one attached hydrogen (secondary N) is 2. The molecule has 27 heavy (non-hydrogen) atoms. The van der Waals surface area contributed by atoms with Crippen LogP contribution in [0.15, 0.2) is 29.3 Å². The monoisotopic (exact) mass is 386 g/mol. The van der Waals surface area contributed by atoms with Gasteiger partial charge in [0.2, 0.25) is 0 Å². The summed E-state index contributed by atoms with van der Waals surface area (Å²) in [6, 6.07) is 8.50. The zero-order chi connectivity index (χ0) is 19.1. The van der Waals surface area contributed by atoms with Crippen LogP contribution in [0.2, 0.25) is 0 Å². The van der Waals surface area contributed by atoms with Crippen molar-refractivity contribution in [1.29, 1.82) is 0 Å². The van der Waals surface area contributed by atoms with E-state index in [1.165, 1.54) is 36.1 Å². The van der Waals surface area contributed by atoms with Crippen LogP contribution in [0.1, 0.15) is 46.8 Å². The molecule has 0 saturated heterocycles. The minimum absolute atomic E-state index is 0.415. The van der Waals surface area contributed by atoms with Gasteiger partial charge in [0.1, 0.15) is 5.75 Å². The minimum Gasteiger partial charge on any atom is -0.490 e. The number of guanidine groups is 1. The fraction of sp³-hybridized carbons (Fsp3) is 0.524. The van der Waals surface area contributed by atoms with E-state index < -0.39 is 0 Å². The Morgan fingerprint density at radius 1 is 1.19 bits per heavy atom. The number of hydrogen-bond acceptors (Lipinski definition) is 4. The summed E-state index contributed by atoms with van der Waals surface area (Å²) < 4.78 is 6.03. The maximum absolute atomic E-state index is 6.03.